The molecule has 0 radical (unpaired) electrons. The van der Waals surface area contributed by atoms with Crippen molar-refractivity contribution in [3.63, 3.8) is 0 Å². The lowest BCUT2D eigenvalue weighted by atomic mass is 9.70. The van der Waals surface area contributed by atoms with Gasteiger partial charge in [0.2, 0.25) is 5.91 Å². The third kappa shape index (κ3) is 5.99. The normalized spacial score (nSPS) is 19.5. The van der Waals surface area contributed by atoms with Gasteiger partial charge in [0.1, 0.15) is 6.04 Å². The van der Waals surface area contributed by atoms with E-state index in [0.29, 0.717) is 19.1 Å². The maximum absolute atomic E-state index is 13.5. The van der Waals surface area contributed by atoms with E-state index < -0.39 is 0 Å². The van der Waals surface area contributed by atoms with Crippen LogP contribution in [0.4, 0.5) is 5.13 Å². The number of ether oxygens (including phenoxy) is 1. The summed E-state index contributed by atoms with van der Waals surface area (Å²) in [7, 11) is 0. The van der Waals surface area contributed by atoms with Crippen LogP contribution in [-0.2, 0) is 16.1 Å². The van der Waals surface area contributed by atoms with Gasteiger partial charge in [-0.2, -0.15) is 0 Å². The number of amides is 1. The fourth-order valence-electron chi connectivity index (χ4n) is 4.35. The van der Waals surface area contributed by atoms with Crippen LogP contribution in [0.2, 0.25) is 5.02 Å². The predicted octanol–water partition coefficient (Wildman–Crippen LogP) is 5.81. The zero-order chi connectivity index (χ0) is 22.6. The van der Waals surface area contributed by atoms with E-state index in [1.54, 1.807) is 0 Å². The molecule has 170 valence electrons. The molecule has 1 aromatic heterocycles. The predicted molar refractivity (Wildman–Crippen MR) is 129 cm³/mol. The van der Waals surface area contributed by atoms with Crippen molar-refractivity contribution in [2.45, 2.75) is 59.6 Å². The maximum Gasteiger partial charge on any atom is 0.245 e. The van der Waals surface area contributed by atoms with Gasteiger partial charge in [-0.1, -0.05) is 51.4 Å². The second-order valence-electron chi connectivity index (χ2n) is 9.29. The van der Waals surface area contributed by atoms with Crippen LogP contribution in [0.25, 0.3) is 0 Å². The molecule has 0 saturated carbocycles. The molecule has 1 amide bonds. The number of hydrogen-bond acceptors (Lipinski definition) is 5. The third-order valence-corrected chi connectivity index (χ3v) is 7.11. The molecule has 1 saturated heterocycles. The van der Waals surface area contributed by atoms with Gasteiger partial charge < -0.3 is 15.0 Å². The van der Waals surface area contributed by atoms with Gasteiger partial charge in [0.05, 0.1) is 12.3 Å². The van der Waals surface area contributed by atoms with Crippen molar-refractivity contribution < 1.29 is 9.53 Å². The SMILES string of the molecule is CCOCc1csc(NC(C(=O)N2CCC(c3ccc(Cl)cc3)C(C)(C)C2)C(C)C)n1. The van der Waals surface area contributed by atoms with Crippen LogP contribution in [0.1, 0.15) is 58.2 Å². The first-order chi connectivity index (χ1) is 14.7. The van der Waals surface area contributed by atoms with Crippen LogP contribution in [0.15, 0.2) is 29.6 Å². The van der Waals surface area contributed by atoms with Crippen LogP contribution in [0, 0.1) is 11.3 Å². The van der Waals surface area contributed by atoms with Gasteiger partial charge in [-0.3, -0.25) is 4.79 Å². The highest BCUT2D eigenvalue weighted by Gasteiger charge is 2.40. The average molecular weight is 464 g/mol. The standard InChI is InChI=1S/C24H34ClN3O2S/c1-6-30-13-19-14-31-23(26-19)27-21(16(2)3)22(29)28-12-11-20(24(4,5)15-28)17-7-9-18(25)10-8-17/h7-10,14,16,20-21H,6,11-13,15H2,1-5H3,(H,26,27). The number of aromatic nitrogens is 1. The van der Waals surface area contributed by atoms with Crippen molar-refractivity contribution in [1.29, 1.82) is 0 Å². The summed E-state index contributed by atoms with van der Waals surface area (Å²) in [5.41, 5.74) is 2.17. The lowest BCUT2D eigenvalue weighted by molar-refractivity contribution is -0.136. The number of thiazole rings is 1. The zero-order valence-electron chi connectivity index (χ0n) is 19.2. The minimum Gasteiger partial charge on any atom is -0.375 e. The number of rotatable bonds is 8. The van der Waals surface area contributed by atoms with Crippen LogP contribution < -0.4 is 5.32 Å². The Morgan fingerprint density at radius 1 is 1.35 bits per heavy atom. The van der Waals surface area contributed by atoms with Crippen molar-refractivity contribution in [1.82, 2.24) is 9.88 Å². The second kappa shape index (κ2) is 10.3. The van der Waals surface area contributed by atoms with Crippen LogP contribution in [0.3, 0.4) is 0 Å². The van der Waals surface area contributed by atoms with E-state index in [4.69, 9.17) is 16.3 Å². The lowest BCUT2D eigenvalue weighted by Crippen LogP contribution is -2.53. The fraction of sp³-hybridized carbons (Fsp3) is 0.583. The van der Waals surface area contributed by atoms with Gasteiger partial charge in [-0.25, -0.2) is 4.98 Å². The number of anilines is 1. The van der Waals surface area contributed by atoms with Crippen molar-refractivity contribution in [2.24, 2.45) is 11.3 Å². The summed E-state index contributed by atoms with van der Waals surface area (Å²) in [5.74, 6) is 0.711. The quantitative estimate of drug-likeness (QED) is 0.536. The number of nitrogens with one attached hydrogen (secondary N) is 1. The van der Waals surface area contributed by atoms with Crippen molar-refractivity contribution in [3.05, 3.63) is 45.9 Å². The molecule has 1 fully saturated rings. The third-order valence-electron chi connectivity index (χ3n) is 6.03. The second-order valence-corrected chi connectivity index (χ2v) is 10.6. The summed E-state index contributed by atoms with van der Waals surface area (Å²) in [6.45, 7) is 13.3. The number of carbonyl (C=O) groups is 1. The average Bonchev–Trinajstić information content (AvgIpc) is 3.17. The van der Waals surface area contributed by atoms with Gasteiger partial charge >= 0.3 is 0 Å². The fourth-order valence-corrected chi connectivity index (χ4v) is 5.21. The molecule has 7 heteroatoms. The number of benzene rings is 1. The summed E-state index contributed by atoms with van der Waals surface area (Å²) >= 11 is 7.60. The van der Waals surface area contributed by atoms with Gasteiger partial charge in [0.25, 0.3) is 0 Å². The Bertz CT molecular complexity index is 866. The largest absolute Gasteiger partial charge is 0.375 e. The van der Waals surface area contributed by atoms with Crippen LogP contribution >= 0.6 is 22.9 Å². The Kier molecular flexibility index (Phi) is 8.00. The minimum absolute atomic E-state index is 0.0187. The molecule has 1 aliphatic heterocycles. The monoisotopic (exact) mass is 463 g/mol. The molecule has 0 spiro atoms. The molecule has 3 rings (SSSR count). The van der Waals surface area contributed by atoms with Crippen molar-refractivity contribution in [3.8, 4) is 0 Å². The van der Waals surface area contributed by atoms with Crippen LogP contribution in [-0.4, -0.2) is 41.5 Å². The molecule has 5 nitrogen and oxygen atoms in total. The minimum atomic E-state index is -0.297. The summed E-state index contributed by atoms with van der Waals surface area (Å²) in [4.78, 5) is 20.1. The summed E-state index contributed by atoms with van der Waals surface area (Å²) in [6.07, 6.45) is 0.945. The molecule has 0 aliphatic carbocycles. The molecule has 31 heavy (non-hydrogen) atoms. The van der Waals surface area contributed by atoms with E-state index in [0.717, 1.165) is 35.4 Å². The molecule has 2 heterocycles. The van der Waals surface area contributed by atoms with Gasteiger partial charge in [0.15, 0.2) is 5.13 Å². The Labute approximate surface area is 195 Å². The summed E-state index contributed by atoms with van der Waals surface area (Å²) in [5, 5.41) is 6.91. The number of halogens is 1. The Morgan fingerprint density at radius 3 is 2.68 bits per heavy atom. The first-order valence-corrected chi connectivity index (χ1v) is 12.3. The molecule has 0 bridgehead atoms. The Morgan fingerprint density at radius 2 is 2.06 bits per heavy atom. The molecule has 1 aliphatic rings. The number of likely N-dealkylation sites (tertiary alicyclic amines) is 1. The van der Waals surface area contributed by atoms with E-state index >= 15 is 0 Å². The van der Waals surface area contributed by atoms with E-state index in [9.17, 15) is 4.79 Å². The van der Waals surface area contributed by atoms with Crippen molar-refractivity contribution in [2.75, 3.05) is 25.0 Å². The molecule has 2 aromatic rings. The van der Waals surface area contributed by atoms with Crippen LogP contribution in [0.5, 0.6) is 0 Å². The maximum atomic E-state index is 13.5. The highest BCUT2D eigenvalue weighted by molar-refractivity contribution is 7.13. The van der Waals surface area contributed by atoms with E-state index in [1.807, 2.05) is 29.3 Å². The number of carbonyl (C=O) groups excluding carboxylic acids is 1. The highest BCUT2D eigenvalue weighted by atomic mass is 35.5. The van der Waals surface area contributed by atoms with E-state index in [2.05, 4.69) is 50.1 Å². The number of nitrogens with zero attached hydrogens (tertiary/aromatic N) is 2. The zero-order valence-corrected chi connectivity index (χ0v) is 20.7. The first-order valence-electron chi connectivity index (χ1n) is 11.0. The number of hydrogen-bond donors (Lipinski definition) is 1. The molecule has 1 aromatic carbocycles. The highest BCUT2D eigenvalue weighted by Crippen LogP contribution is 2.42. The van der Waals surface area contributed by atoms with Gasteiger partial charge in [0, 0.05) is 30.1 Å². The van der Waals surface area contributed by atoms with Gasteiger partial charge in [-0.15, -0.1) is 11.3 Å². The molecular weight excluding hydrogens is 430 g/mol. The molecule has 2 atom stereocenters. The van der Waals surface area contributed by atoms with Gasteiger partial charge in [-0.05, 0) is 48.3 Å². The topological polar surface area (TPSA) is 54.5 Å². The molecule has 2 unspecified atom stereocenters. The molecule has 1 N–H and O–H groups in total. The molecular formula is C24H34ClN3O2S. The first kappa shape index (κ1) is 24.0. The van der Waals surface area contributed by atoms with E-state index in [-0.39, 0.29) is 23.3 Å². The summed E-state index contributed by atoms with van der Waals surface area (Å²) < 4.78 is 5.44. The van der Waals surface area contributed by atoms with Crippen molar-refractivity contribution >= 4 is 34.0 Å². The van der Waals surface area contributed by atoms with E-state index in [1.165, 1.54) is 16.9 Å². The smallest absolute Gasteiger partial charge is 0.245 e. The lowest BCUT2D eigenvalue weighted by Gasteiger charge is -2.45. The Balaban J connectivity index is 1.68. The Hall–Kier alpha value is -1.63. The summed E-state index contributed by atoms with van der Waals surface area (Å²) in [6, 6.07) is 7.85. The number of piperidine rings is 1.